The first-order valence-electron chi connectivity index (χ1n) is 7.53. The summed E-state index contributed by atoms with van der Waals surface area (Å²) in [6.07, 6.45) is -0.430. The van der Waals surface area contributed by atoms with Gasteiger partial charge in [0.05, 0.1) is 18.6 Å². The van der Waals surface area contributed by atoms with Gasteiger partial charge in [-0.3, -0.25) is 4.79 Å². The van der Waals surface area contributed by atoms with Gasteiger partial charge in [0.15, 0.2) is 0 Å². The van der Waals surface area contributed by atoms with Crippen LogP contribution < -0.4 is 0 Å². The lowest BCUT2D eigenvalue weighted by Crippen LogP contribution is -2.41. The molecule has 2 saturated heterocycles. The largest absolute Gasteiger partial charge is 0.447 e. The topological polar surface area (TPSA) is 55.8 Å². The molecule has 0 radical (unpaired) electrons. The Bertz CT molecular complexity index is 686. The molecule has 0 spiro atoms. The highest BCUT2D eigenvalue weighted by atomic mass is 127. The fraction of sp³-hybridized carbons (Fsp3) is 0.500. The maximum atomic E-state index is 14.2. The lowest BCUT2D eigenvalue weighted by molar-refractivity contribution is -0.133. The summed E-state index contributed by atoms with van der Waals surface area (Å²) >= 11 is 2.06. The average molecular weight is 451 g/mol. The predicted molar refractivity (Wildman–Crippen MR) is 88.6 cm³/mol. The highest BCUT2D eigenvalue weighted by Crippen LogP contribution is 2.42. The van der Waals surface area contributed by atoms with E-state index in [1.807, 2.05) is 0 Å². The Balaban J connectivity index is 1.84. The van der Waals surface area contributed by atoms with E-state index in [9.17, 15) is 18.4 Å². The summed E-state index contributed by atoms with van der Waals surface area (Å²) in [5.74, 6) is -2.32. The molecule has 0 aromatic heterocycles. The maximum Gasteiger partial charge on any atom is 0.416 e. The van der Waals surface area contributed by atoms with Gasteiger partial charge in [-0.05, 0) is 19.4 Å². The molecule has 2 fully saturated rings. The van der Waals surface area contributed by atoms with E-state index in [1.165, 1.54) is 12.1 Å². The predicted octanol–water partition coefficient (Wildman–Crippen LogP) is 3.00. The first-order valence-corrected chi connectivity index (χ1v) is 9.06. The van der Waals surface area contributed by atoms with E-state index < -0.39 is 29.2 Å². The zero-order chi connectivity index (χ0) is 17.5. The highest BCUT2D eigenvalue weighted by molar-refractivity contribution is 14.1. The second-order valence-electron chi connectivity index (χ2n) is 6.10. The van der Waals surface area contributed by atoms with Crippen molar-refractivity contribution < 1.29 is 27.8 Å². The van der Waals surface area contributed by atoms with Gasteiger partial charge in [-0.25, -0.2) is 18.5 Å². The van der Waals surface area contributed by atoms with Crippen molar-refractivity contribution in [2.45, 2.75) is 25.0 Å². The van der Waals surface area contributed by atoms with Crippen molar-refractivity contribution in [3.05, 3.63) is 35.4 Å². The molecule has 8 heteroatoms. The van der Waals surface area contributed by atoms with Crippen LogP contribution in [0, 0.1) is 17.6 Å². The number of carbonyl (C=O) groups is 2. The van der Waals surface area contributed by atoms with E-state index in [0.717, 1.165) is 11.0 Å². The Morgan fingerprint density at radius 1 is 1.42 bits per heavy atom. The molecule has 0 aliphatic carbocycles. The van der Waals surface area contributed by atoms with E-state index in [2.05, 4.69) is 22.6 Å². The molecule has 3 rings (SSSR count). The van der Waals surface area contributed by atoms with Crippen LogP contribution in [-0.2, 0) is 19.9 Å². The molecule has 1 aromatic carbocycles. The van der Waals surface area contributed by atoms with Gasteiger partial charge < -0.3 is 9.47 Å². The maximum absolute atomic E-state index is 14.2. The molecule has 2 amide bonds. The molecule has 1 aromatic rings. The fourth-order valence-corrected chi connectivity index (χ4v) is 4.11. The minimum Gasteiger partial charge on any atom is -0.447 e. The standard InChI is InChI=1S/C16H16F2INO4/c1-9-6-23-15(22)20(9)14(21)10-5-16(8-19,24-7-10)12-3-2-11(17)4-13(12)18/h2-4,9-10H,5-8H2,1H3/t9-,10?,16-/m0/s1. The van der Waals surface area contributed by atoms with Crippen LogP contribution in [0.2, 0.25) is 0 Å². The number of rotatable bonds is 3. The van der Waals surface area contributed by atoms with Crippen molar-refractivity contribution in [1.82, 2.24) is 4.90 Å². The van der Waals surface area contributed by atoms with Crippen LogP contribution in [0.5, 0.6) is 0 Å². The van der Waals surface area contributed by atoms with Crippen molar-refractivity contribution in [3.8, 4) is 0 Å². The lowest BCUT2D eigenvalue weighted by Gasteiger charge is -2.27. The number of halogens is 3. The monoisotopic (exact) mass is 451 g/mol. The number of alkyl halides is 1. The van der Waals surface area contributed by atoms with E-state index >= 15 is 0 Å². The summed E-state index contributed by atoms with van der Waals surface area (Å²) in [5.41, 5.74) is -0.781. The summed E-state index contributed by atoms with van der Waals surface area (Å²) in [6, 6.07) is 3.00. The number of imide groups is 1. The third-order valence-corrected chi connectivity index (χ3v) is 5.68. The number of ether oxygens (including phenoxy) is 2. The Hall–Kier alpha value is -1.29. The Morgan fingerprint density at radius 2 is 2.17 bits per heavy atom. The molecule has 24 heavy (non-hydrogen) atoms. The van der Waals surface area contributed by atoms with Crippen molar-refractivity contribution in [1.29, 1.82) is 0 Å². The van der Waals surface area contributed by atoms with Gasteiger partial charge in [-0.2, -0.15) is 0 Å². The van der Waals surface area contributed by atoms with Gasteiger partial charge in [0.2, 0.25) is 5.91 Å². The number of carbonyl (C=O) groups excluding carboxylic acids is 2. The first kappa shape index (κ1) is 17.5. The van der Waals surface area contributed by atoms with Crippen LogP contribution in [0.1, 0.15) is 18.9 Å². The van der Waals surface area contributed by atoms with Gasteiger partial charge in [0.25, 0.3) is 0 Å². The van der Waals surface area contributed by atoms with Crippen molar-refractivity contribution in [3.63, 3.8) is 0 Å². The number of nitrogens with zero attached hydrogens (tertiary/aromatic N) is 1. The van der Waals surface area contributed by atoms with Gasteiger partial charge in [-0.15, -0.1) is 0 Å². The van der Waals surface area contributed by atoms with Crippen LogP contribution in [0.3, 0.4) is 0 Å². The van der Waals surface area contributed by atoms with E-state index in [0.29, 0.717) is 4.43 Å². The van der Waals surface area contributed by atoms with Crippen LogP contribution >= 0.6 is 22.6 Å². The van der Waals surface area contributed by atoms with Crippen LogP contribution in [-0.4, -0.2) is 40.6 Å². The van der Waals surface area contributed by atoms with Gasteiger partial charge in [0.1, 0.15) is 23.8 Å². The molecular formula is C16H16F2INO4. The zero-order valence-electron chi connectivity index (χ0n) is 12.9. The molecule has 5 nitrogen and oxygen atoms in total. The zero-order valence-corrected chi connectivity index (χ0v) is 15.1. The van der Waals surface area contributed by atoms with Gasteiger partial charge in [-0.1, -0.05) is 28.7 Å². The quantitative estimate of drug-likeness (QED) is 0.524. The van der Waals surface area contributed by atoms with Crippen molar-refractivity contribution >= 4 is 34.6 Å². The van der Waals surface area contributed by atoms with Crippen LogP contribution in [0.4, 0.5) is 13.6 Å². The Kier molecular flexibility index (Phi) is 4.78. The molecule has 1 unspecified atom stereocenters. The molecule has 0 bridgehead atoms. The van der Waals surface area contributed by atoms with Crippen LogP contribution in [0.25, 0.3) is 0 Å². The second kappa shape index (κ2) is 6.55. The third-order valence-electron chi connectivity index (χ3n) is 4.45. The number of benzene rings is 1. The molecule has 0 N–H and O–H groups in total. The van der Waals surface area contributed by atoms with Gasteiger partial charge in [0, 0.05) is 16.1 Å². The molecule has 2 aliphatic rings. The summed E-state index contributed by atoms with van der Waals surface area (Å²) in [7, 11) is 0. The summed E-state index contributed by atoms with van der Waals surface area (Å²) < 4.78 is 38.4. The number of hydrogen-bond acceptors (Lipinski definition) is 4. The molecule has 130 valence electrons. The molecule has 0 saturated carbocycles. The molecule has 3 atom stereocenters. The number of amides is 2. The number of hydrogen-bond donors (Lipinski definition) is 0. The van der Waals surface area contributed by atoms with Gasteiger partial charge >= 0.3 is 6.09 Å². The Labute approximate surface area is 151 Å². The SMILES string of the molecule is C[C@H]1COC(=O)N1C(=O)C1CO[C@@](CI)(c2ccc(F)cc2F)C1. The molecular weight excluding hydrogens is 435 g/mol. The first-order chi connectivity index (χ1) is 11.4. The number of cyclic esters (lactones) is 1. The average Bonchev–Trinajstić information content (AvgIpc) is 3.12. The second-order valence-corrected chi connectivity index (χ2v) is 6.86. The summed E-state index contributed by atoms with van der Waals surface area (Å²) in [6.45, 7) is 1.97. The minimum absolute atomic E-state index is 0.0785. The smallest absolute Gasteiger partial charge is 0.416 e. The Morgan fingerprint density at radius 3 is 2.75 bits per heavy atom. The van der Waals surface area contributed by atoms with Crippen LogP contribution in [0.15, 0.2) is 18.2 Å². The highest BCUT2D eigenvalue weighted by Gasteiger charge is 2.48. The molecule has 2 aliphatic heterocycles. The fourth-order valence-electron chi connectivity index (χ4n) is 3.17. The minimum atomic E-state index is -1.01. The lowest BCUT2D eigenvalue weighted by atomic mass is 9.88. The van der Waals surface area contributed by atoms with E-state index in [1.54, 1.807) is 6.92 Å². The van der Waals surface area contributed by atoms with E-state index in [4.69, 9.17) is 9.47 Å². The van der Waals surface area contributed by atoms with Crippen molar-refractivity contribution in [2.24, 2.45) is 5.92 Å². The van der Waals surface area contributed by atoms with Crippen molar-refractivity contribution in [2.75, 3.05) is 17.6 Å². The summed E-state index contributed by atoms with van der Waals surface area (Å²) in [4.78, 5) is 25.4. The third kappa shape index (κ3) is 2.90. The summed E-state index contributed by atoms with van der Waals surface area (Å²) in [5, 5.41) is 0. The molecule has 2 heterocycles. The normalized spacial score (nSPS) is 29.8. The van der Waals surface area contributed by atoms with E-state index in [-0.39, 0.29) is 37.1 Å².